The first-order chi connectivity index (χ1) is 10.3. The minimum Gasteiger partial charge on any atom is -0.273 e. The molecule has 4 nitrogen and oxygen atoms in total. The fourth-order valence-corrected chi connectivity index (χ4v) is 2.11. The average Bonchev–Trinajstić information content (AvgIpc) is 2.51. The van der Waals surface area contributed by atoms with Gasteiger partial charge in [0, 0.05) is 24.4 Å². The minimum atomic E-state index is -0.0128. The third-order valence-corrected chi connectivity index (χ3v) is 3.34. The Labute approximate surface area is 128 Å². The third kappa shape index (κ3) is 9.77. The summed E-state index contributed by atoms with van der Waals surface area (Å²) < 4.78 is 0. The molecule has 0 aliphatic carbocycles. The quantitative estimate of drug-likeness (QED) is 0.379. The molecule has 4 heteroatoms. The fourth-order valence-electron chi connectivity index (χ4n) is 2.11. The van der Waals surface area contributed by atoms with Crippen molar-refractivity contribution in [1.29, 1.82) is 0 Å². The molecule has 0 aliphatic heterocycles. The number of aromatic nitrogens is 1. The molecule has 0 bridgehead atoms. The summed E-state index contributed by atoms with van der Waals surface area (Å²) in [4.78, 5) is 15.5. The van der Waals surface area contributed by atoms with Crippen molar-refractivity contribution in [3.8, 4) is 0 Å². The lowest BCUT2D eigenvalue weighted by Gasteiger charge is -2.01. The molecule has 1 N–H and O–H groups in total. The maximum absolute atomic E-state index is 11.6. The first-order valence-electron chi connectivity index (χ1n) is 8.05. The van der Waals surface area contributed by atoms with Crippen LogP contribution in [0.1, 0.15) is 70.3 Å². The first-order valence-corrected chi connectivity index (χ1v) is 8.05. The van der Waals surface area contributed by atoms with E-state index in [1.54, 1.807) is 18.6 Å². The van der Waals surface area contributed by atoms with Crippen molar-refractivity contribution in [1.82, 2.24) is 10.4 Å². The van der Waals surface area contributed by atoms with Crippen molar-refractivity contribution in [2.24, 2.45) is 5.10 Å². The summed E-state index contributed by atoms with van der Waals surface area (Å²) >= 11 is 0. The number of rotatable bonds is 11. The Hall–Kier alpha value is -1.71. The van der Waals surface area contributed by atoms with E-state index in [0.717, 1.165) is 18.4 Å². The largest absolute Gasteiger partial charge is 0.273 e. The van der Waals surface area contributed by atoms with Crippen LogP contribution in [0.4, 0.5) is 0 Å². The number of amides is 1. The van der Waals surface area contributed by atoms with Crippen LogP contribution >= 0.6 is 0 Å². The summed E-state index contributed by atoms with van der Waals surface area (Å²) in [6, 6.07) is 3.73. The van der Waals surface area contributed by atoms with Crippen LogP contribution in [0.25, 0.3) is 0 Å². The number of hydrogen-bond donors (Lipinski definition) is 1. The molecule has 21 heavy (non-hydrogen) atoms. The highest BCUT2D eigenvalue weighted by molar-refractivity contribution is 5.81. The number of nitrogens with zero attached hydrogens (tertiary/aromatic N) is 2. The van der Waals surface area contributed by atoms with Gasteiger partial charge in [-0.3, -0.25) is 9.78 Å². The Bertz CT molecular complexity index is 404. The molecule has 0 fully saturated rings. The van der Waals surface area contributed by atoms with Gasteiger partial charge in [0.1, 0.15) is 0 Å². The second-order valence-electron chi connectivity index (χ2n) is 5.30. The molecule has 1 aromatic rings. The van der Waals surface area contributed by atoms with Gasteiger partial charge in [-0.25, -0.2) is 5.43 Å². The molecule has 1 aromatic heterocycles. The predicted molar refractivity (Wildman–Crippen MR) is 87.2 cm³/mol. The predicted octanol–water partition coefficient (Wildman–Crippen LogP) is 4.06. The molecule has 1 rings (SSSR count). The second-order valence-corrected chi connectivity index (χ2v) is 5.30. The summed E-state index contributed by atoms with van der Waals surface area (Å²) in [6.45, 7) is 2.23. The van der Waals surface area contributed by atoms with E-state index in [1.807, 2.05) is 12.1 Å². The lowest BCUT2D eigenvalue weighted by molar-refractivity contribution is -0.121. The number of carbonyl (C=O) groups is 1. The zero-order chi connectivity index (χ0) is 15.2. The Morgan fingerprint density at radius 1 is 1.19 bits per heavy atom. The van der Waals surface area contributed by atoms with E-state index >= 15 is 0 Å². The highest BCUT2D eigenvalue weighted by Crippen LogP contribution is 2.09. The Morgan fingerprint density at radius 3 is 2.57 bits per heavy atom. The number of nitrogens with one attached hydrogen (secondary N) is 1. The lowest BCUT2D eigenvalue weighted by atomic mass is 10.1. The lowest BCUT2D eigenvalue weighted by Crippen LogP contribution is -2.16. The zero-order valence-corrected chi connectivity index (χ0v) is 13.1. The topological polar surface area (TPSA) is 54.4 Å². The van der Waals surface area contributed by atoms with Gasteiger partial charge in [0.2, 0.25) is 5.91 Å². The molecular formula is C17H27N3O. The summed E-state index contributed by atoms with van der Waals surface area (Å²) in [5.41, 5.74) is 3.43. The van der Waals surface area contributed by atoms with Gasteiger partial charge >= 0.3 is 0 Å². The molecule has 0 saturated carbocycles. The van der Waals surface area contributed by atoms with Crippen LogP contribution in [-0.2, 0) is 4.79 Å². The van der Waals surface area contributed by atoms with Crippen LogP contribution < -0.4 is 5.43 Å². The Balaban J connectivity index is 1.98. The molecule has 116 valence electrons. The number of hydrogen-bond acceptors (Lipinski definition) is 3. The number of pyridine rings is 1. The minimum absolute atomic E-state index is 0.0128. The van der Waals surface area contributed by atoms with Crippen LogP contribution in [0.15, 0.2) is 29.6 Å². The zero-order valence-electron chi connectivity index (χ0n) is 13.1. The molecule has 1 amide bonds. The molecule has 0 aromatic carbocycles. The van der Waals surface area contributed by atoms with E-state index in [2.05, 4.69) is 22.4 Å². The highest BCUT2D eigenvalue weighted by Gasteiger charge is 1.99. The van der Waals surface area contributed by atoms with E-state index in [0.29, 0.717) is 6.42 Å². The number of unbranched alkanes of at least 4 members (excludes halogenated alkanes) is 7. The highest BCUT2D eigenvalue weighted by atomic mass is 16.2. The maximum Gasteiger partial charge on any atom is 0.240 e. The van der Waals surface area contributed by atoms with Gasteiger partial charge in [-0.2, -0.15) is 5.10 Å². The molecule has 0 atom stereocenters. The molecular weight excluding hydrogens is 262 g/mol. The van der Waals surface area contributed by atoms with Gasteiger partial charge in [0.15, 0.2) is 0 Å². The van der Waals surface area contributed by atoms with Gasteiger partial charge in [0.25, 0.3) is 0 Å². The van der Waals surface area contributed by atoms with Gasteiger partial charge in [-0.1, -0.05) is 57.9 Å². The summed E-state index contributed by atoms with van der Waals surface area (Å²) in [5, 5.41) is 3.93. The van der Waals surface area contributed by atoms with Gasteiger partial charge in [-0.05, 0) is 12.5 Å². The maximum atomic E-state index is 11.6. The van der Waals surface area contributed by atoms with E-state index in [-0.39, 0.29) is 5.91 Å². The van der Waals surface area contributed by atoms with E-state index in [1.165, 1.54) is 38.5 Å². The van der Waals surface area contributed by atoms with E-state index in [4.69, 9.17) is 0 Å². The number of carbonyl (C=O) groups excluding carboxylic acids is 1. The van der Waals surface area contributed by atoms with Crippen molar-refractivity contribution < 1.29 is 4.79 Å². The van der Waals surface area contributed by atoms with E-state index in [9.17, 15) is 4.79 Å². The average molecular weight is 289 g/mol. The molecule has 0 spiro atoms. The van der Waals surface area contributed by atoms with Crippen LogP contribution in [0.5, 0.6) is 0 Å². The van der Waals surface area contributed by atoms with Gasteiger partial charge in [0.05, 0.1) is 6.21 Å². The molecule has 0 unspecified atom stereocenters. The van der Waals surface area contributed by atoms with Crippen LogP contribution in [0.3, 0.4) is 0 Å². The Morgan fingerprint density at radius 2 is 1.90 bits per heavy atom. The van der Waals surface area contributed by atoms with Crippen LogP contribution in [0.2, 0.25) is 0 Å². The summed E-state index contributed by atoms with van der Waals surface area (Å²) in [5.74, 6) is -0.0128. The van der Waals surface area contributed by atoms with Crippen molar-refractivity contribution >= 4 is 12.1 Å². The van der Waals surface area contributed by atoms with Crippen LogP contribution in [0, 0.1) is 0 Å². The SMILES string of the molecule is CCCCCCCCCCC(=O)N/N=C/c1cccnc1. The van der Waals surface area contributed by atoms with Crippen molar-refractivity contribution in [2.45, 2.75) is 64.7 Å². The fraction of sp³-hybridized carbons (Fsp3) is 0.588. The second kappa shape index (κ2) is 12.1. The molecule has 0 saturated heterocycles. The standard InChI is InChI=1S/C17H27N3O/c1-2-3-4-5-6-7-8-9-12-17(21)20-19-15-16-11-10-13-18-14-16/h10-11,13-15H,2-9,12H2,1H3,(H,20,21)/b19-15+. The van der Waals surface area contributed by atoms with E-state index < -0.39 is 0 Å². The van der Waals surface area contributed by atoms with Gasteiger partial charge < -0.3 is 0 Å². The van der Waals surface area contributed by atoms with Crippen molar-refractivity contribution in [3.63, 3.8) is 0 Å². The summed E-state index contributed by atoms with van der Waals surface area (Å²) in [6.07, 6.45) is 15.5. The normalized spacial score (nSPS) is 10.9. The van der Waals surface area contributed by atoms with Crippen LogP contribution in [-0.4, -0.2) is 17.1 Å². The third-order valence-electron chi connectivity index (χ3n) is 3.34. The van der Waals surface area contributed by atoms with Crippen molar-refractivity contribution in [2.75, 3.05) is 0 Å². The summed E-state index contributed by atoms with van der Waals surface area (Å²) in [7, 11) is 0. The number of hydrazone groups is 1. The van der Waals surface area contributed by atoms with Crippen molar-refractivity contribution in [3.05, 3.63) is 30.1 Å². The Kier molecular flexibility index (Phi) is 9.96. The molecule has 1 heterocycles. The molecule has 0 radical (unpaired) electrons. The smallest absolute Gasteiger partial charge is 0.240 e. The first kappa shape index (κ1) is 17.3. The molecule has 0 aliphatic rings. The monoisotopic (exact) mass is 289 g/mol. The van der Waals surface area contributed by atoms with Gasteiger partial charge in [-0.15, -0.1) is 0 Å².